The Morgan fingerprint density at radius 2 is 2.20 bits per heavy atom. The lowest BCUT2D eigenvalue weighted by Crippen LogP contribution is -2.26. The summed E-state index contributed by atoms with van der Waals surface area (Å²) in [5.74, 6) is 0.565. The van der Waals surface area contributed by atoms with Gasteiger partial charge in [0, 0.05) is 25.9 Å². The molecule has 3 heterocycles. The second-order valence-corrected chi connectivity index (χ2v) is 6.30. The Kier molecular flexibility index (Phi) is 4.01. The van der Waals surface area contributed by atoms with Crippen molar-refractivity contribution in [3.63, 3.8) is 0 Å². The predicted molar refractivity (Wildman–Crippen MR) is 96.5 cm³/mol. The number of hydrogen-bond acceptors (Lipinski definition) is 5. The molecular weight excluding hydrogens is 318 g/mol. The molecule has 0 radical (unpaired) electrons. The fourth-order valence-electron chi connectivity index (χ4n) is 3.29. The summed E-state index contributed by atoms with van der Waals surface area (Å²) in [7, 11) is 0. The van der Waals surface area contributed by atoms with Crippen molar-refractivity contribution in [2.24, 2.45) is 0 Å². The molecule has 7 heteroatoms. The van der Waals surface area contributed by atoms with Crippen molar-refractivity contribution in [2.75, 3.05) is 24.6 Å². The SMILES string of the molecule is CCOC1CCN(c2nc3nn(-c4ccccc4C)cc3c(=O)[nH]2)C1. The number of aromatic nitrogens is 4. The molecule has 1 aromatic carbocycles. The van der Waals surface area contributed by atoms with Crippen LogP contribution in [0.5, 0.6) is 0 Å². The molecule has 7 nitrogen and oxygen atoms in total. The van der Waals surface area contributed by atoms with Gasteiger partial charge in [0.1, 0.15) is 5.39 Å². The summed E-state index contributed by atoms with van der Waals surface area (Å²) in [6, 6.07) is 7.93. The van der Waals surface area contributed by atoms with Crippen LogP contribution in [0.2, 0.25) is 0 Å². The summed E-state index contributed by atoms with van der Waals surface area (Å²) >= 11 is 0. The Labute approximate surface area is 145 Å². The molecule has 1 atom stereocenters. The molecule has 3 aromatic rings. The third-order valence-corrected chi connectivity index (χ3v) is 4.59. The van der Waals surface area contributed by atoms with E-state index in [-0.39, 0.29) is 11.7 Å². The summed E-state index contributed by atoms with van der Waals surface area (Å²) in [5.41, 5.74) is 2.33. The Morgan fingerprint density at radius 3 is 3.00 bits per heavy atom. The van der Waals surface area contributed by atoms with E-state index in [1.54, 1.807) is 10.9 Å². The van der Waals surface area contributed by atoms with E-state index in [1.807, 2.05) is 43.0 Å². The van der Waals surface area contributed by atoms with Gasteiger partial charge in [-0.2, -0.15) is 4.98 Å². The molecule has 1 aliphatic heterocycles. The Hall–Kier alpha value is -2.67. The second kappa shape index (κ2) is 6.33. The highest BCUT2D eigenvalue weighted by Crippen LogP contribution is 2.20. The van der Waals surface area contributed by atoms with Gasteiger partial charge < -0.3 is 9.64 Å². The molecule has 1 fully saturated rings. The first kappa shape index (κ1) is 15.8. The van der Waals surface area contributed by atoms with Crippen molar-refractivity contribution >= 4 is 17.0 Å². The molecule has 0 amide bonds. The Morgan fingerprint density at radius 1 is 1.36 bits per heavy atom. The second-order valence-electron chi connectivity index (χ2n) is 6.30. The zero-order chi connectivity index (χ0) is 17.4. The summed E-state index contributed by atoms with van der Waals surface area (Å²) in [6.07, 6.45) is 2.86. The first-order chi connectivity index (χ1) is 12.2. The standard InChI is InChI=1S/C18H21N5O2/c1-3-25-13-8-9-22(10-13)18-19-16-14(17(24)20-18)11-23(21-16)15-7-5-4-6-12(15)2/h4-7,11,13H,3,8-10H2,1-2H3,(H,19,20,21,24). The van der Waals surface area contributed by atoms with E-state index >= 15 is 0 Å². The summed E-state index contributed by atoms with van der Waals surface area (Å²) in [4.78, 5) is 22.0. The van der Waals surface area contributed by atoms with E-state index in [1.165, 1.54) is 0 Å². The lowest BCUT2D eigenvalue weighted by molar-refractivity contribution is 0.0787. The van der Waals surface area contributed by atoms with Crippen molar-refractivity contribution in [3.05, 3.63) is 46.4 Å². The van der Waals surface area contributed by atoms with Crippen LogP contribution in [0.15, 0.2) is 35.3 Å². The number of hydrogen-bond donors (Lipinski definition) is 1. The van der Waals surface area contributed by atoms with Crippen molar-refractivity contribution < 1.29 is 4.74 Å². The lowest BCUT2D eigenvalue weighted by atomic mass is 10.2. The summed E-state index contributed by atoms with van der Waals surface area (Å²) in [6.45, 7) is 6.26. The smallest absolute Gasteiger partial charge is 0.263 e. The normalized spacial score (nSPS) is 17.5. The van der Waals surface area contributed by atoms with Crippen molar-refractivity contribution in [1.82, 2.24) is 19.7 Å². The Balaban J connectivity index is 1.71. The molecule has 1 unspecified atom stereocenters. The first-order valence-corrected chi connectivity index (χ1v) is 8.58. The van der Waals surface area contributed by atoms with Crippen LogP contribution in [0.1, 0.15) is 18.9 Å². The molecule has 1 aliphatic rings. The fourth-order valence-corrected chi connectivity index (χ4v) is 3.29. The van der Waals surface area contributed by atoms with Gasteiger partial charge in [-0.1, -0.05) is 18.2 Å². The van der Waals surface area contributed by atoms with Crippen molar-refractivity contribution in [3.8, 4) is 5.69 Å². The molecule has 2 aromatic heterocycles. The van der Waals surface area contributed by atoms with Gasteiger partial charge >= 0.3 is 0 Å². The van der Waals surface area contributed by atoms with Gasteiger partial charge in [-0.3, -0.25) is 9.78 Å². The van der Waals surface area contributed by atoms with Gasteiger partial charge in [-0.15, -0.1) is 5.10 Å². The maximum atomic E-state index is 12.5. The number of anilines is 1. The Bertz CT molecular complexity index is 961. The molecule has 25 heavy (non-hydrogen) atoms. The lowest BCUT2D eigenvalue weighted by Gasteiger charge is -2.16. The van der Waals surface area contributed by atoms with Crippen LogP contribution < -0.4 is 10.5 Å². The number of aromatic amines is 1. The number of para-hydroxylation sites is 1. The van der Waals surface area contributed by atoms with Crippen LogP contribution in [0.3, 0.4) is 0 Å². The maximum Gasteiger partial charge on any atom is 0.263 e. The van der Waals surface area contributed by atoms with Gasteiger partial charge in [-0.05, 0) is 31.9 Å². The molecule has 1 saturated heterocycles. The highest BCUT2D eigenvalue weighted by Gasteiger charge is 2.25. The van der Waals surface area contributed by atoms with E-state index in [0.29, 0.717) is 23.6 Å². The molecule has 0 bridgehead atoms. The summed E-state index contributed by atoms with van der Waals surface area (Å²) < 4.78 is 7.39. The average molecular weight is 339 g/mol. The average Bonchev–Trinajstić information content (AvgIpc) is 3.22. The maximum absolute atomic E-state index is 12.5. The molecular formula is C18H21N5O2. The molecule has 0 spiro atoms. The zero-order valence-corrected chi connectivity index (χ0v) is 14.4. The number of aryl methyl sites for hydroxylation is 1. The minimum atomic E-state index is -0.167. The monoisotopic (exact) mass is 339 g/mol. The minimum absolute atomic E-state index is 0.167. The number of rotatable bonds is 4. The van der Waals surface area contributed by atoms with Crippen LogP contribution in [0, 0.1) is 6.92 Å². The van der Waals surface area contributed by atoms with Crippen LogP contribution in [-0.2, 0) is 4.74 Å². The van der Waals surface area contributed by atoms with Crippen LogP contribution in [0.25, 0.3) is 16.7 Å². The quantitative estimate of drug-likeness (QED) is 0.787. The van der Waals surface area contributed by atoms with E-state index in [0.717, 1.165) is 30.8 Å². The number of benzene rings is 1. The predicted octanol–water partition coefficient (Wildman–Crippen LogP) is 2.03. The van der Waals surface area contributed by atoms with Crippen molar-refractivity contribution in [2.45, 2.75) is 26.4 Å². The minimum Gasteiger partial charge on any atom is -0.377 e. The number of H-pyrrole nitrogens is 1. The van der Waals surface area contributed by atoms with Crippen LogP contribution in [0.4, 0.5) is 5.95 Å². The number of fused-ring (bicyclic) bond motifs is 1. The van der Waals surface area contributed by atoms with Gasteiger partial charge in [0.15, 0.2) is 5.65 Å². The molecule has 4 rings (SSSR count). The zero-order valence-electron chi connectivity index (χ0n) is 14.4. The third kappa shape index (κ3) is 2.91. The molecule has 0 aliphatic carbocycles. The summed E-state index contributed by atoms with van der Waals surface area (Å²) in [5, 5.41) is 5.01. The number of ether oxygens (including phenoxy) is 1. The van der Waals surface area contributed by atoms with Crippen LogP contribution >= 0.6 is 0 Å². The molecule has 1 N–H and O–H groups in total. The first-order valence-electron chi connectivity index (χ1n) is 8.58. The van der Waals surface area contributed by atoms with Gasteiger partial charge in [0.25, 0.3) is 5.56 Å². The van der Waals surface area contributed by atoms with E-state index in [4.69, 9.17) is 4.74 Å². The van der Waals surface area contributed by atoms with E-state index < -0.39 is 0 Å². The number of nitrogens with zero attached hydrogens (tertiary/aromatic N) is 4. The van der Waals surface area contributed by atoms with Crippen molar-refractivity contribution in [1.29, 1.82) is 0 Å². The third-order valence-electron chi connectivity index (χ3n) is 4.59. The highest BCUT2D eigenvalue weighted by molar-refractivity contribution is 5.74. The highest BCUT2D eigenvalue weighted by atomic mass is 16.5. The van der Waals surface area contributed by atoms with E-state index in [2.05, 4.69) is 15.1 Å². The van der Waals surface area contributed by atoms with Gasteiger partial charge in [0.2, 0.25) is 5.95 Å². The molecule has 130 valence electrons. The number of nitrogens with one attached hydrogen (secondary N) is 1. The van der Waals surface area contributed by atoms with E-state index in [9.17, 15) is 4.79 Å². The molecule has 0 saturated carbocycles. The largest absolute Gasteiger partial charge is 0.377 e. The topological polar surface area (TPSA) is 76.0 Å². The fraction of sp³-hybridized carbons (Fsp3) is 0.389. The van der Waals surface area contributed by atoms with Crippen LogP contribution in [-0.4, -0.2) is 45.5 Å². The van der Waals surface area contributed by atoms with Gasteiger partial charge in [0.05, 0.1) is 11.8 Å². The van der Waals surface area contributed by atoms with Gasteiger partial charge in [-0.25, -0.2) is 4.68 Å².